The second-order valence-corrected chi connectivity index (χ2v) is 7.35. The Balaban J connectivity index is 1.51. The number of hydrogen-bond donors (Lipinski definition) is 1. The minimum Gasteiger partial charge on any atom is -0.307 e. The largest absolute Gasteiger partial charge is 0.307 e. The maximum absolute atomic E-state index is 13.7. The van der Waals surface area contributed by atoms with Crippen molar-refractivity contribution in [3.05, 3.63) is 107 Å². The molecule has 4 rings (SSSR count). The van der Waals surface area contributed by atoms with Gasteiger partial charge in [-0.1, -0.05) is 18.2 Å². The molecule has 1 N–H and O–H groups in total. The molecule has 0 aliphatic rings. The lowest BCUT2D eigenvalue weighted by Crippen LogP contribution is -2.15. The quantitative estimate of drug-likeness (QED) is 0.480. The van der Waals surface area contributed by atoms with E-state index in [1.165, 1.54) is 6.20 Å². The molecule has 0 aliphatic heterocycles. The molecule has 0 bridgehead atoms. The number of nitrogens with one attached hydrogen (secondary N) is 1. The van der Waals surface area contributed by atoms with Crippen LogP contribution < -0.4 is 5.32 Å². The summed E-state index contributed by atoms with van der Waals surface area (Å²) in [5.41, 5.74) is 5.41. The van der Waals surface area contributed by atoms with Gasteiger partial charge < -0.3 is 9.88 Å². The van der Waals surface area contributed by atoms with Gasteiger partial charge in [0.2, 0.25) is 0 Å². The fourth-order valence-electron chi connectivity index (χ4n) is 3.41. The van der Waals surface area contributed by atoms with Gasteiger partial charge >= 0.3 is 0 Å². The van der Waals surface area contributed by atoms with Crippen LogP contribution in [-0.2, 0) is 0 Å². The molecular weight excluding hydrogens is 405 g/mol. The van der Waals surface area contributed by atoms with Crippen LogP contribution in [0.5, 0.6) is 0 Å². The summed E-state index contributed by atoms with van der Waals surface area (Å²) in [6.45, 7) is 5.47. The predicted molar refractivity (Wildman–Crippen MR) is 122 cm³/mol. The van der Waals surface area contributed by atoms with E-state index in [4.69, 9.17) is 0 Å². The fraction of sp³-hybridized carbons (Fsp3) is 0.120. The number of nitrogens with zero attached hydrogens (tertiary/aromatic N) is 4. The molecule has 0 radical (unpaired) electrons. The van der Waals surface area contributed by atoms with Gasteiger partial charge in [0.05, 0.1) is 23.8 Å². The molecule has 1 amide bonds. The summed E-state index contributed by atoms with van der Waals surface area (Å²) < 4.78 is 15.6. The highest BCUT2D eigenvalue weighted by Crippen LogP contribution is 2.25. The van der Waals surface area contributed by atoms with Crippen LogP contribution in [0.3, 0.4) is 0 Å². The Hall–Kier alpha value is -4.13. The zero-order valence-electron chi connectivity index (χ0n) is 18.0. The van der Waals surface area contributed by atoms with E-state index in [1.54, 1.807) is 25.5 Å². The fourth-order valence-corrected chi connectivity index (χ4v) is 3.41. The predicted octanol–water partition coefficient (Wildman–Crippen LogP) is 5.12. The number of benzene rings is 1. The highest BCUT2D eigenvalue weighted by molar-refractivity contribution is 6.04. The summed E-state index contributed by atoms with van der Waals surface area (Å²) in [6, 6.07) is 11.8. The van der Waals surface area contributed by atoms with Crippen LogP contribution in [0.25, 0.3) is 11.3 Å². The molecule has 3 heterocycles. The SMILES string of the molecule is CC=C(c1ccc(-n2cnc(C)c2)cc1)c1ccc(NC(=O)c2cncc(F)c2C)nc1. The van der Waals surface area contributed by atoms with Crippen molar-refractivity contribution in [1.82, 2.24) is 19.5 Å². The number of carbonyl (C=O) groups excluding carboxylic acids is 1. The molecule has 1 aromatic carbocycles. The van der Waals surface area contributed by atoms with Crippen LogP contribution in [0.4, 0.5) is 10.2 Å². The summed E-state index contributed by atoms with van der Waals surface area (Å²) in [4.78, 5) is 24.8. The number of hydrogen-bond acceptors (Lipinski definition) is 4. The second kappa shape index (κ2) is 8.93. The van der Waals surface area contributed by atoms with E-state index in [0.717, 1.165) is 34.3 Å². The number of aryl methyl sites for hydroxylation is 1. The molecule has 0 saturated carbocycles. The summed E-state index contributed by atoms with van der Waals surface area (Å²) >= 11 is 0. The third-order valence-electron chi connectivity index (χ3n) is 5.19. The Labute approximate surface area is 185 Å². The molecule has 3 aromatic heterocycles. The smallest absolute Gasteiger partial charge is 0.258 e. The van der Waals surface area contributed by atoms with Gasteiger partial charge in [0.25, 0.3) is 5.91 Å². The standard InChI is InChI=1S/C25H22FN5O/c1-4-21(18-5-8-20(9-6-18)31-14-16(2)29-15-31)19-7-10-24(28-11-19)30-25(32)22-12-27-13-23(26)17(22)3/h4-15H,1-3H3,(H,28,30,32). The molecule has 6 nitrogen and oxygen atoms in total. The number of aromatic nitrogens is 4. The van der Waals surface area contributed by atoms with Crippen LogP contribution in [-0.4, -0.2) is 25.4 Å². The van der Waals surface area contributed by atoms with Gasteiger partial charge in [-0.05, 0) is 56.2 Å². The Morgan fingerprint density at radius 2 is 1.75 bits per heavy atom. The van der Waals surface area contributed by atoms with E-state index in [2.05, 4.69) is 32.4 Å². The number of anilines is 1. The van der Waals surface area contributed by atoms with Crippen molar-refractivity contribution < 1.29 is 9.18 Å². The molecule has 160 valence electrons. The maximum atomic E-state index is 13.7. The Kier molecular flexibility index (Phi) is 5.89. The molecule has 0 aliphatic carbocycles. The number of pyridine rings is 2. The number of rotatable bonds is 5. The monoisotopic (exact) mass is 427 g/mol. The number of carbonyl (C=O) groups is 1. The average Bonchev–Trinajstić information content (AvgIpc) is 3.24. The first kappa shape index (κ1) is 21.1. The Morgan fingerprint density at radius 1 is 1.00 bits per heavy atom. The lowest BCUT2D eigenvalue weighted by atomic mass is 9.99. The van der Waals surface area contributed by atoms with Gasteiger partial charge in [-0.3, -0.25) is 9.78 Å². The zero-order chi connectivity index (χ0) is 22.7. The second-order valence-electron chi connectivity index (χ2n) is 7.35. The van der Waals surface area contributed by atoms with Crippen molar-refractivity contribution >= 4 is 17.3 Å². The molecule has 0 spiro atoms. The van der Waals surface area contributed by atoms with E-state index in [-0.39, 0.29) is 11.1 Å². The van der Waals surface area contributed by atoms with Crippen molar-refractivity contribution in [2.75, 3.05) is 5.32 Å². The van der Waals surface area contributed by atoms with E-state index in [0.29, 0.717) is 5.82 Å². The maximum Gasteiger partial charge on any atom is 0.258 e. The average molecular weight is 427 g/mol. The van der Waals surface area contributed by atoms with E-state index in [9.17, 15) is 9.18 Å². The van der Waals surface area contributed by atoms with Crippen molar-refractivity contribution in [1.29, 1.82) is 0 Å². The molecule has 7 heteroatoms. The Bertz CT molecular complexity index is 1290. The summed E-state index contributed by atoms with van der Waals surface area (Å²) in [5.74, 6) is -0.595. The van der Waals surface area contributed by atoms with Crippen LogP contribution >= 0.6 is 0 Å². The normalized spacial score (nSPS) is 11.4. The third kappa shape index (κ3) is 4.32. The van der Waals surface area contributed by atoms with Gasteiger partial charge in [0, 0.05) is 35.4 Å². The number of allylic oxidation sites excluding steroid dienone is 1. The van der Waals surface area contributed by atoms with Gasteiger partial charge in [-0.2, -0.15) is 0 Å². The minimum atomic E-state index is -0.520. The zero-order valence-corrected chi connectivity index (χ0v) is 18.0. The summed E-state index contributed by atoms with van der Waals surface area (Å²) in [6.07, 6.45) is 9.92. The van der Waals surface area contributed by atoms with Gasteiger partial charge in [0.15, 0.2) is 0 Å². The van der Waals surface area contributed by atoms with Crippen LogP contribution in [0.15, 0.2) is 73.6 Å². The first-order valence-electron chi connectivity index (χ1n) is 10.1. The van der Waals surface area contributed by atoms with Gasteiger partial charge in [-0.25, -0.2) is 14.4 Å². The molecule has 32 heavy (non-hydrogen) atoms. The summed E-state index contributed by atoms with van der Waals surface area (Å²) in [5, 5.41) is 2.69. The van der Waals surface area contributed by atoms with Crippen LogP contribution in [0.1, 0.15) is 39.7 Å². The van der Waals surface area contributed by atoms with Crippen LogP contribution in [0.2, 0.25) is 0 Å². The number of amides is 1. The van der Waals surface area contributed by atoms with Gasteiger partial charge in [0.1, 0.15) is 11.6 Å². The topological polar surface area (TPSA) is 72.7 Å². The molecule has 0 saturated heterocycles. The van der Waals surface area contributed by atoms with E-state index in [1.807, 2.05) is 48.9 Å². The number of imidazole rings is 1. The van der Waals surface area contributed by atoms with E-state index >= 15 is 0 Å². The summed E-state index contributed by atoms with van der Waals surface area (Å²) in [7, 11) is 0. The van der Waals surface area contributed by atoms with Crippen molar-refractivity contribution in [3.63, 3.8) is 0 Å². The van der Waals surface area contributed by atoms with Crippen molar-refractivity contribution in [2.45, 2.75) is 20.8 Å². The highest BCUT2D eigenvalue weighted by atomic mass is 19.1. The van der Waals surface area contributed by atoms with Crippen molar-refractivity contribution in [3.8, 4) is 5.69 Å². The highest BCUT2D eigenvalue weighted by Gasteiger charge is 2.14. The van der Waals surface area contributed by atoms with Crippen LogP contribution in [0, 0.1) is 19.7 Å². The van der Waals surface area contributed by atoms with Gasteiger partial charge in [-0.15, -0.1) is 0 Å². The minimum absolute atomic E-state index is 0.179. The Morgan fingerprint density at radius 3 is 2.38 bits per heavy atom. The van der Waals surface area contributed by atoms with E-state index < -0.39 is 11.7 Å². The molecular formula is C25H22FN5O. The molecule has 0 atom stereocenters. The molecule has 4 aromatic rings. The first-order valence-corrected chi connectivity index (χ1v) is 10.1. The van der Waals surface area contributed by atoms with Crippen molar-refractivity contribution in [2.24, 2.45) is 0 Å². The lowest BCUT2D eigenvalue weighted by Gasteiger charge is -2.11. The number of halogens is 1. The third-order valence-corrected chi connectivity index (χ3v) is 5.19. The molecule has 0 fully saturated rings. The first-order chi connectivity index (χ1) is 15.5. The lowest BCUT2D eigenvalue weighted by molar-refractivity contribution is 0.102. The molecule has 0 unspecified atom stereocenters.